The monoisotopic (exact) mass is 466 g/mol. The van der Waals surface area contributed by atoms with Crippen LogP contribution < -0.4 is 19.7 Å². The minimum Gasteiger partial charge on any atom is -0.497 e. The van der Waals surface area contributed by atoms with Gasteiger partial charge in [-0.1, -0.05) is 0 Å². The number of methoxy groups -OCH3 is 1. The lowest BCUT2D eigenvalue weighted by Crippen LogP contribution is -2.42. The van der Waals surface area contributed by atoms with Crippen molar-refractivity contribution in [2.45, 2.75) is 25.8 Å². The maximum Gasteiger partial charge on any atom is 0.262 e. The highest BCUT2D eigenvalue weighted by molar-refractivity contribution is 5.95. The van der Waals surface area contributed by atoms with Gasteiger partial charge in [-0.05, 0) is 75.8 Å². The fraction of sp³-hybridized carbons (Fsp3) is 0.385. The summed E-state index contributed by atoms with van der Waals surface area (Å²) in [6.45, 7) is 3.73. The Hall–Kier alpha value is -3.39. The van der Waals surface area contributed by atoms with E-state index >= 15 is 0 Å². The second-order valence-corrected chi connectivity index (χ2v) is 8.84. The van der Waals surface area contributed by atoms with Crippen LogP contribution in [0.4, 0.5) is 15.9 Å². The number of aryl methyl sites for hydroxylation is 1. The summed E-state index contributed by atoms with van der Waals surface area (Å²) >= 11 is 0. The van der Waals surface area contributed by atoms with Crippen molar-refractivity contribution in [1.29, 1.82) is 0 Å². The molecule has 0 saturated carbocycles. The summed E-state index contributed by atoms with van der Waals surface area (Å²) in [4.78, 5) is 21.9. The van der Waals surface area contributed by atoms with Crippen LogP contribution in [0.2, 0.25) is 0 Å². The molecular weight excluding hydrogens is 435 g/mol. The Bertz CT molecular complexity index is 1180. The Kier molecular flexibility index (Phi) is 7.17. The van der Waals surface area contributed by atoms with Gasteiger partial charge in [0.25, 0.3) is 5.91 Å². The topological polar surface area (TPSA) is 66.9 Å². The van der Waals surface area contributed by atoms with Crippen molar-refractivity contribution in [3.63, 3.8) is 0 Å². The summed E-state index contributed by atoms with van der Waals surface area (Å²) in [6, 6.07) is 12.6. The lowest BCUT2D eigenvalue weighted by Gasteiger charge is -2.36. The fourth-order valence-electron chi connectivity index (χ4n) is 4.29. The van der Waals surface area contributed by atoms with Crippen LogP contribution >= 0.6 is 0 Å². The van der Waals surface area contributed by atoms with Gasteiger partial charge in [-0.3, -0.25) is 4.79 Å². The standard InChI is InChI=1S/C26H31FN4O3/c1-17-13-25(31-11-9-19(10-12-31)30(2)3)29-23-7-5-18(14-21(17)23)28-26(32)16-34-24-8-6-20(33-4)15-22(24)27/h5-8,13-15,19H,9-12,16H2,1-4H3,(H,28,32). The lowest BCUT2D eigenvalue weighted by atomic mass is 10.0. The first-order valence-corrected chi connectivity index (χ1v) is 11.4. The lowest BCUT2D eigenvalue weighted by molar-refractivity contribution is -0.118. The van der Waals surface area contributed by atoms with Crippen LogP contribution in [0.15, 0.2) is 42.5 Å². The van der Waals surface area contributed by atoms with Crippen LogP contribution in [0.3, 0.4) is 0 Å². The molecule has 1 N–H and O–H groups in total. The molecule has 0 radical (unpaired) electrons. The molecule has 0 bridgehead atoms. The van der Waals surface area contributed by atoms with Crippen molar-refractivity contribution >= 4 is 28.3 Å². The molecule has 0 spiro atoms. The third-order valence-electron chi connectivity index (χ3n) is 6.30. The second-order valence-electron chi connectivity index (χ2n) is 8.84. The number of hydrogen-bond acceptors (Lipinski definition) is 6. The van der Waals surface area contributed by atoms with Gasteiger partial charge in [-0.25, -0.2) is 9.37 Å². The first-order chi connectivity index (χ1) is 16.3. The van der Waals surface area contributed by atoms with E-state index in [1.165, 1.54) is 19.2 Å². The zero-order valence-corrected chi connectivity index (χ0v) is 20.1. The molecule has 7 nitrogen and oxygen atoms in total. The summed E-state index contributed by atoms with van der Waals surface area (Å²) < 4.78 is 24.3. The molecule has 8 heteroatoms. The van der Waals surface area contributed by atoms with E-state index in [-0.39, 0.29) is 18.3 Å². The third-order valence-corrected chi connectivity index (χ3v) is 6.30. The van der Waals surface area contributed by atoms with E-state index in [2.05, 4.69) is 42.2 Å². The number of anilines is 2. The first-order valence-electron chi connectivity index (χ1n) is 11.4. The number of amides is 1. The highest BCUT2D eigenvalue weighted by Gasteiger charge is 2.22. The summed E-state index contributed by atoms with van der Waals surface area (Å²) in [7, 11) is 5.73. The smallest absolute Gasteiger partial charge is 0.262 e. The van der Waals surface area contributed by atoms with E-state index in [4.69, 9.17) is 14.5 Å². The van der Waals surface area contributed by atoms with Crippen LogP contribution in [0, 0.1) is 12.7 Å². The number of halogens is 1. The molecule has 0 aliphatic carbocycles. The maximum atomic E-state index is 14.0. The predicted molar refractivity (Wildman–Crippen MR) is 132 cm³/mol. The fourth-order valence-corrected chi connectivity index (χ4v) is 4.29. The number of aromatic nitrogens is 1. The number of nitrogens with one attached hydrogen (secondary N) is 1. The number of carbonyl (C=O) groups excluding carboxylic acids is 1. The molecule has 2 aromatic carbocycles. The van der Waals surface area contributed by atoms with Gasteiger partial charge in [0.1, 0.15) is 11.6 Å². The van der Waals surface area contributed by atoms with Crippen molar-refractivity contribution in [3.8, 4) is 11.5 Å². The number of nitrogens with zero attached hydrogens (tertiary/aromatic N) is 3. The van der Waals surface area contributed by atoms with Crippen molar-refractivity contribution in [2.75, 3.05) is 51.1 Å². The Balaban J connectivity index is 1.41. The molecule has 1 amide bonds. The first kappa shape index (κ1) is 23.8. The molecule has 3 aromatic rings. The molecule has 34 heavy (non-hydrogen) atoms. The zero-order valence-electron chi connectivity index (χ0n) is 20.1. The van der Waals surface area contributed by atoms with E-state index in [9.17, 15) is 9.18 Å². The Morgan fingerprint density at radius 1 is 1.18 bits per heavy atom. The van der Waals surface area contributed by atoms with Crippen LogP contribution in [0.25, 0.3) is 10.9 Å². The normalized spacial score (nSPS) is 14.5. The number of hydrogen-bond donors (Lipinski definition) is 1. The van der Waals surface area contributed by atoms with Crippen LogP contribution in [0.5, 0.6) is 11.5 Å². The number of carbonyl (C=O) groups is 1. The number of pyridine rings is 1. The van der Waals surface area contributed by atoms with Crippen molar-refractivity contribution in [2.24, 2.45) is 0 Å². The Morgan fingerprint density at radius 2 is 1.94 bits per heavy atom. The van der Waals surface area contributed by atoms with Crippen molar-refractivity contribution in [1.82, 2.24) is 9.88 Å². The largest absolute Gasteiger partial charge is 0.497 e. The number of ether oxygens (including phenoxy) is 2. The van der Waals surface area contributed by atoms with Gasteiger partial charge in [-0.2, -0.15) is 0 Å². The zero-order chi connectivity index (χ0) is 24.2. The molecule has 1 aromatic heterocycles. The number of rotatable bonds is 7. The summed E-state index contributed by atoms with van der Waals surface area (Å²) in [6.07, 6.45) is 2.25. The van der Waals surface area contributed by atoms with Gasteiger partial charge >= 0.3 is 0 Å². The molecule has 0 atom stereocenters. The number of piperidine rings is 1. The average molecular weight is 467 g/mol. The molecular formula is C26H31FN4O3. The molecule has 1 fully saturated rings. The molecule has 1 aliphatic rings. The average Bonchev–Trinajstić information content (AvgIpc) is 2.83. The summed E-state index contributed by atoms with van der Waals surface area (Å²) in [5.74, 6) is 0.420. The number of fused-ring (bicyclic) bond motifs is 1. The third kappa shape index (κ3) is 5.39. The SMILES string of the molecule is COc1ccc(OCC(=O)Nc2ccc3nc(N4CCC(N(C)C)CC4)cc(C)c3c2)c(F)c1. The molecule has 4 rings (SSSR count). The summed E-state index contributed by atoms with van der Waals surface area (Å²) in [5, 5.41) is 3.79. The Morgan fingerprint density at radius 3 is 2.62 bits per heavy atom. The van der Waals surface area contributed by atoms with Gasteiger partial charge in [0, 0.05) is 36.3 Å². The van der Waals surface area contributed by atoms with E-state index in [0.29, 0.717) is 17.5 Å². The van der Waals surface area contributed by atoms with Crippen LogP contribution in [0.1, 0.15) is 18.4 Å². The van der Waals surface area contributed by atoms with Gasteiger partial charge in [-0.15, -0.1) is 0 Å². The maximum absolute atomic E-state index is 14.0. The second kappa shape index (κ2) is 10.3. The molecule has 2 heterocycles. The minimum absolute atomic E-state index is 0.00310. The molecule has 1 saturated heterocycles. The van der Waals surface area contributed by atoms with E-state index in [0.717, 1.165) is 48.2 Å². The van der Waals surface area contributed by atoms with E-state index in [1.54, 1.807) is 6.07 Å². The van der Waals surface area contributed by atoms with Crippen molar-refractivity contribution in [3.05, 3.63) is 53.8 Å². The highest BCUT2D eigenvalue weighted by atomic mass is 19.1. The number of benzene rings is 2. The van der Waals surface area contributed by atoms with Gasteiger partial charge in [0.15, 0.2) is 18.2 Å². The molecule has 0 unspecified atom stereocenters. The van der Waals surface area contributed by atoms with E-state index in [1.807, 2.05) is 18.2 Å². The molecule has 180 valence electrons. The van der Waals surface area contributed by atoms with E-state index < -0.39 is 5.82 Å². The predicted octanol–water partition coefficient (Wildman–Crippen LogP) is 4.24. The molecule has 1 aliphatic heterocycles. The van der Waals surface area contributed by atoms with Crippen molar-refractivity contribution < 1.29 is 18.7 Å². The quantitative estimate of drug-likeness (QED) is 0.562. The minimum atomic E-state index is -0.582. The highest BCUT2D eigenvalue weighted by Crippen LogP contribution is 2.28. The van der Waals surface area contributed by atoms with Gasteiger partial charge in [0.2, 0.25) is 0 Å². The van der Waals surface area contributed by atoms with Gasteiger partial charge in [0.05, 0.1) is 12.6 Å². The van der Waals surface area contributed by atoms with Gasteiger partial charge < -0.3 is 24.6 Å². The van der Waals surface area contributed by atoms with Crippen LogP contribution in [-0.4, -0.2) is 62.7 Å². The Labute approximate surface area is 199 Å². The van der Waals surface area contributed by atoms with Crippen LogP contribution in [-0.2, 0) is 4.79 Å². The summed E-state index contributed by atoms with van der Waals surface area (Å²) in [5.41, 5.74) is 2.63.